The summed E-state index contributed by atoms with van der Waals surface area (Å²) in [5.41, 5.74) is 6.21. The van der Waals surface area contributed by atoms with E-state index in [2.05, 4.69) is 30.7 Å². The van der Waals surface area contributed by atoms with E-state index in [1.54, 1.807) is 0 Å². The van der Waals surface area contributed by atoms with E-state index in [1.165, 1.54) is 5.69 Å². The Bertz CT molecular complexity index is 1120. The van der Waals surface area contributed by atoms with Crippen LogP contribution in [0.5, 0.6) is 0 Å². The molecule has 0 unspecified atom stereocenters. The Morgan fingerprint density at radius 1 is 0.963 bits per heavy atom. The molecule has 0 N–H and O–H groups in total. The van der Waals surface area contributed by atoms with Crippen LogP contribution in [0.4, 0.5) is 0 Å². The fraction of sp³-hybridized carbons (Fsp3) is 0.217. The Balaban J connectivity index is 1.74. The van der Waals surface area contributed by atoms with Gasteiger partial charge in [-0.25, -0.2) is 9.67 Å². The molecule has 0 fully saturated rings. The number of hydrogen-bond donors (Lipinski definition) is 0. The van der Waals surface area contributed by atoms with Gasteiger partial charge in [0, 0.05) is 17.4 Å². The highest BCUT2D eigenvalue weighted by atomic mass is 16.4. The Morgan fingerprint density at radius 2 is 1.63 bits per heavy atom. The van der Waals surface area contributed by atoms with Gasteiger partial charge >= 0.3 is 0 Å². The van der Waals surface area contributed by atoms with Gasteiger partial charge in [-0.2, -0.15) is 5.10 Å². The van der Waals surface area contributed by atoms with Gasteiger partial charge in [0.25, 0.3) is 0 Å². The third kappa shape index (κ3) is 2.44. The van der Waals surface area contributed by atoms with Gasteiger partial charge < -0.3 is 4.42 Å². The Kier molecular flexibility index (Phi) is 3.38. The highest BCUT2D eigenvalue weighted by Crippen LogP contribution is 2.46. The van der Waals surface area contributed by atoms with Crippen LogP contribution in [-0.2, 0) is 11.8 Å². The molecule has 1 aliphatic carbocycles. The molecule has 4 aromatic rings. The second-order valence-corrected chi connectivity index (χ2v) is 7.78. The first-order valence-corrected chi connectivity index (χ1v) is 9.25. The fourth-order valence-corrected chi connectivity index (χ4v) is 3.97. The van der Waals surface area contributed by atoms with Crippen molar-refractivity contribution < 1.29 is 4.42 Å². The van der Waals surface area contributed by atoms with Crippen molar-refractivity contribution in [2.24, 2.45) is 0 Å². The van der Waals surface area contributed by atoms with Crippen molar-refractivity contribution in [2.45, 2.75) is 32.6 Å². The van der Waals surface area contributed by atoms with E-state index in [-0.39, 0.29) is 5.41 Å². The van der Waals surface area contributed by atoms with Gasteiger partial charge in [0.05, 0.1) is 28.3 Å². The van der Waals surface area contributed by atoms with Gasteiger partial charge in [0.2, 0.25) is 5.89 Å². The van der Waals surface area contributed by atoms with E-state index >= 15 is 0 Å². The van der Waals surface area contributed by atoms with Gasteiger partial charge in [-0.15, -0.1) is 0 Å². The summed E-state index contributed by atoms with van der Waals surface area (Å²) in [7, 11) is 0. The van der Waals surface area contributed by atoms with Crippen LogP contribution in [-0.4, -0.2) is 14.8 Å². The van der Waals surface area contributed by atoms with Gasteiger partial charge in [-0.05, 0) is 31.2 Å². The number of nitrogens with zero attached hydrogens (tertiary/aromatic N) is 3. The second kappa shape index (κ2) is 5.68. The van der Waals surface area contributed by atoms with E-state index < -0.39 is 0 Å². The summed E-state index contributed by atoms with van der Waals surface area (Å²) in [6.07, 6.45) is 0.867. The Morgan fingerprint density at radius 3 is 2.33 bits per heavy atom. The van der Waals surface area contributed by atoms with E-state index in [1.807, 2.05) is 55.5 Å². The molecule has 0 radical (unpaired) electrons. The lowest BCUT2D eigenvalue weighted by atomic mass is 9.77. The lowest BCUT2D eigenvalue weighted by Gasteiger charge is -2.28. The number of rotatable bonds is 2. The first-order chi connectivity index (χ1) is 13.0. The molecule has 2 aromatic heterocycles. The summed E-state index contributed by atoms with van der Waals surface area (Å²) in [6.45, 7) is 6.50. The van der Waals surface area contributed by atoms with Crippen molar-refractivity contribution in [1.82, 2.24) is 14.8 Å². The fourth-order valence-electron chi connectivity index (χ4n) is 3.97. The lowest BCUT2D eigenvalue weighted by molar-refractivity contribution is 0.479. The molecule has 1 aliphatic rings. The van der Waals surface area contributed by atoms with Crippen LogP contribution in [0, 0.1) is 6.92 Å². The average molecular weight is 355 g/mol. The maximum absolute atomic E-state index is 6.32. The van der Waals surface area contributed by atoms with Gasteiger partial charge in [-0.3, -0.25) is 0 Å². The first-order valence-electron chi connectivity index (χ1n) is 9.25. The zero-order chi connectivity index (χ0) is 18.6. The number of oxazole rings is 1. The van der Waals surface area contributed by atoms with Crippen molar-refractivity contribution in [3.05, 3.63) is 77.7 Å². The minimum Gasteiger partial charge on any atom is -0.436 e. The third-order valence-corrected chi connectivity index (χ3v) is 5.28. The predicted octanol–water partition coefficient (Wildman–Crippen LogP) is 5.34. The summed E-state index contributed by atoms with van der Waals surface area (Å²) in [5, 5.41) is 4.84. The van der Waals surface area contributed by atoms with Crippen LogP contribution in [0.15, 0.2) is 65.1 Å². The van der Waals surface area contributed by atoms with Crippen molar-refractivity contribution >= 4 is 0 Å². The average Bonchev–Trinajstić information content (AvgIpc) is 3.25. The highest BCUT2D eigenvalue weighted by molar-refractivity contribution is 5.73. The minimum absolute atomic E-state index is 0.127. The van der Waals surface area contributed by atoms with Crippen LogP contribution in [0.25, 0.3) is 28.5 Å². The van der Waals surface area contributed by atoms with E-state index in [0.29, 0.717) is 5.89 Å². The molecule has 0 saturated carbocycles. The molecule has 0 saturated heterocycles. The molecule has 0 amide bonds. The minimum atomic E-state index is -0.127. The number of benzene rings is 2. The second-order valence-electron chi connectivity index (χ2n) is 7.78. The number of para-hydroxylation sites is 1. The molecule has 27 heavy (non-hydrogen) atoms. The molecular formula is C23H21N3O. The summed E-state index contributed by atoms with van der Waals surface area (Å²) >= 11 is 0. The third-order valence-electron chi connectivity index (χ3n) is 5.28. The normalized spacial score (nSPS) is 14.6. The van der Waals surface area contributed by atoms with Crippen molar-refractivity contribution in [2.75, 3.05) is 0 Å². The molecule has 4 nitrogen and oxygen atoms in total. The molecule has 5 rings (SSSR count). The van der Waals surface area contributed by atoms with Gasteiger partial charge in [-0.1, -0.05) is 50.2 Å². The lowest BCUT2D eigenvalue weighted by Crippen LogP contribution is -2.27. The van der Waals surface area contributed by atoms with Crippen LogP contribution >= 0.6 is 0 Å². The van der Waals surface area contributed by atoms with E-state index in [4.69, 9.17) is 14.5 Å². The maximum atomic E-state index is 6.32. The Hall–Kier alpha value is -3.14. The highest BCUT2D eigenvalue weighted by Gasteiger charge is 2.40. The standard InChI is InChI=1S/C23H21N3O/c1-15-19-18(26(25-15)17-12-8-5-9-13-17)14-23(2,3)21-20(19)27-22(24-21)16-10-6-4-7-11-16/h4-13H,14H2,1-3H3. The molecule has 2 heterocycles. The molecular weight excluding hydrogens is 334 g/mol. The Labute approximate surface area is 158 Å². The molecule has 0 atom stereocenters. The molecule has 2 aromatic carbocycles. The zero-order valence-corrected chi connectivity index (χ0v) is 15.7. The topological polar surface area (TPSA) is 43.9 Å². The summed E-state index contributed by atoms with van der Waals surface area (Å²) in [5.74, 6) is 1.54. The van der Waals surface area contributed by atoms with Crippen molar-refractivity contribution in [3.63, 3.8) is 0 Å². The number of hydrogen-bond acceptors (Lipinski definition) is 3. The molecule has 0 aliphatic heterocycles. The molecule has 0 bridgehead atoms. The van der Waals surface area contributed by atoms with Crippen molar-refractivity contribution in [3.8, 4) is 28.5 Å². The van der Waals surface area contributed by atoms with Crippen LogP contribution in [0.3, 0.4) is 0 Å². The maximum Gasteiger partial charge on any atom is 0.227 e. The number of aromatic nitrogens is 3. The smallest absolute Gasteiger partial charge is 0.227 e. The summed E-state index contributed by atoms with van der Waals surface area (Å²) in [4.78, 5) is 4.89. The zero-order valence-electron chi connectivity index (χ0n) is 15.7. The van der Waals surface area contributed by atoms with E-state index in [9.17, 15) is 0 Å². The predicted molar refractivity (Wildman–Crippen MR) is 106 cm³/mol. The summed E-state index contributed by atoms with van der Waals surface area (Å²) in [6, 6.07) is 20.4. The number of fused-ring (bicyclic) bond motifs is 3. The van der Waals surface area contributed by atoms with Crippen LogP contribution in [0.2, 0.25) is 0 Å². The SMILES string of the molecule is Cc1nn(-c2ccccc2)c2c1-c1oc(-c3ccccc3)nc1C(C)(C)C2. The molecule has 134 valence electrons. The van der Waals surface area contributed by atoms with Crippen molar-refractivity contribution in [1.29, 1.82) is 0 Å². The van der Waals surface area contributed by atoms with Crippen LogP contribution in [0.1, 0.15) is 30.9 Å². The van der Waals surface area contributed by atoms with Crippen LogP contribution < -0.4 is 0 Å². The quantitative estimate of drug-likeness (QED) is 0.488. The van der Waals surface area contributed by atoms with E-state index in [0.717, 1.165) is 40.4 Å². The molecule has 0 spiro atoms. The van der Waals surface area contributed by atoms with Gasteiger partial charge in [0.1, 0.15) is 0 Å². The van der Waals surface area contributed by atoms with Gasteiger partial charge in [0.15, 0.2) is 5.76 Å². The largest absolute Gasteiger partial charge is 0.436 e. The first kappa shape index (κ1) is 16.1. The summed E-state index contributed by atoms with van der Waals surface area (Å²) < 4.78 is 8.38. The monoisotopic (exact) mass is 355 g/mol. The molecule has 4 heteroatoms. The number of aryl methyl sites for hydroxylation is 1.